The second kappa shape index (κ2) is 10.1. The van der Waals surface area contributed by atoms with Gasteiger partial charge in [-0.15, -0.1) is 0 Å². The first-order chi connectivity index (χ1) is 17.9. The van der Waals surface area contributed by atoms with Crippen LogP contribution < -0.4 is 0 Å². The molecule has 1 aliphatic rings. The monoisotopic (exact) mass is 509 g/mol. The van der Waals surface area contributed by atoms with Crippen LogP contribution in [0.4, 0.5) is 0 Å². The second-order valence-corrected chi connectivity index (χ2v) is 10.5. The highest BCUT2D eigenvalue weighted by molar-refractivity contribution is 7.99. The Morgan fingerprint density at radius 2 is 1.78 bits per heavy atom. The molecule has 0 radical (unpaired) electrons. The van der Waals surface area contributed by atoms with Gasteiger partial charge in [-0.3, -0.25) is 9.48 Å². The number of pyridine rings is 1. The van der Waals surface area contributed by atoms with Crippen molar-refractivity contribution in [1.29, 1.82) is 10.5 Å². The summed E-state index contributed by atoms with van der Waals surface area (Å²) in [5, 5.41) is 28.5. The minimum atomic E-state index is 0.112. The maximum absolute atomic E-state index is 11.8. The molecule has 5 rings (SSSR count). The number of aromatic nitrogens is 4. The average molecular weight is 510 g/mol. The van der Waals surface area contributed by atoms with Crippen LogP contribution in [-0.4, -0.2) is 43.3 Å². The molecule has 186 valence electrons. The van der Waals surface area contributed by atoms with E-state index in [4.69, 9.17) is 5.10 Å². The zero-order chi connectivity index (χ0) is 26.1. The van der Waals surface area contributed by atoms with Gasteiger partial charge < -0.3 is 4.90 Å². The van der Waals surface area contributed by atoms with Crippen LogP contribution in [-0.2, 0) is 4.79 Å². The van der Waals surface area contributed by atoms with Crippen molar-refractivity contribution in [2.24, 2.45) is 0 Å². The zero-order valence-corrected chi connectivity index (χ0v) is 21.9. The number of hydrogen-bond acceptors (Lipinski definition) is 6. The lowest BCUT2D eigenvalue weighted by Crippen LogP contribution is -2.38. The van der Waals surface area contributed by atoms with Gasteiger partial charge in [0.15, 0.2) is 0 Å². The van der Waals surface area contributed by atoms with Gasteiger partial charge in [-0.25, -0.2) is 4.52 Å². The van der Waals surface area contributed by atoms with Gasteiger partial charge in [0.25, 0.3) is 0 Å². The molecule has 1 aliphatic carbocycles. The van der Waals surface area contributed by atoms with E-state index in [-0.39, 0.29) is 11.9 Å². The van der Waals surface area contributed by atoms with E-state index in [1.165, 1.54) is 11.8 Å². The molecule has 9 heteroatoms. The van der Waals surface area contributed by atoms with Gasteiger partial charge in [0, 0.05) is 52.8 Å². The maximum atomic E-state index is 11.8. The molecule has 4 aromatic rings. The van der Waals surface area contributed by atoms with Crippen LogP contribution in [0, 0.1) is 29.6 Å². The van der Waals surface area contributed by atoms with Crippen molar-refractivity contribution in [3.63, 3.8) is 0 Å². The van der Waals surface area contributed by atoms with Crippen molar-refractivity contribution in [3.8, 4) is 23.3 Å². The summed E-state index contributed by atoms with van der Waals surface area (Å²) in [6, 6.07) is 14.6. The fraction of sp³-hybridized carbons (Fsp3) is 0.321. The molecule has 0 N–H and O–H groups in total. The Morgan fingerprint density at radius 1 is 1.05 bits per heavy atom. The first-order valence-corrected chi connectivity index (χ1v) is 13.1. The number of carbonyl (C=O) groups is 1. The molecular weight excluding hydrogens is 482 g/mol. The Bertz CT molecular complexity index is 1560. The van der Waals surface area contributed by atoms with Gasteiger partial charge in [-0.1, -0.05) is 23.9 Å². The molecule has 8 nitrogen and oxygen atoms in total. The number of carbonyl (C=O) groups excluding carboxylic acids is 1. The van der Waals surface area contributed by atoms with Crippen LogP contribution in [0.1, 0.15) is 55.5 Å². The van der Waals surface area contributed by atoms with E-state index < -0.39 is 0 Å². The lowest BCUT2D eigenvalue weighted by atomic mass is 9.90. The first kappa shape index (κ1) is 24.6. The molecule has 0 atom stereocenters. The Morgan fingerprint density at radius 3 is 2.49 bits per heavy atom. The highest BCUT2D eigenvalue weighted by atomic mass is 32.2. The number of nitrogens with zero attached hydrogens (tertiary/aromatic N) is 7. The van der Waals surface area contributed by atoms with Crippen LogP contribution >= 0.6 is 11.8 Å². The highest BCUT2D eigenvalue weighted by Gasteiger charge is 2.28. The van der Waals surface area contributed by atoms with Gasteiger partial charge in [0.1, 0.15) is 12.1 Å². The normalized spacial score (nSPS) is 17.3. The molecule has 1 fully saturated rings. The van der Waals surface area contributed by atoms with Crippen LogP contribution in [0.5, 0.6) is 0 Å². The largest absolute Gasteiger partial charge is 0.343 e. The Balaban J connectivity index is 1.49. The minimum Gasteiger partial charge on any atom is -0.343 e. The summed E-state index contributed by atoms with van der Waals surface area (Å²) >= 11 is 1.46. The number of benzene rings is 1. The van der Waals surface area contributed by atoms with E-state index in [1.807, 2.05) is 42.5 Å². The van der Waals surface area contributed by atoms with Crippen LogP contribution in [0.15, 0.2) is 58.7 Å². The lowest BCUT2D eigenvalue weighted by Gasteiger charge is -2.34. The summed E-state index contributed by atoms with van der Waals surface area (Å²) in [6.07, 6.45) is 9.28. The molecule has 0 bridgehead atoms. The lowest BCUT2D eigenvalue weighted by molar-refractivity contribution is -0.130. The minimum absolute atomic E-state index is 0.112. The molecule has 1 aromatic carbocycles. The van der Waals surface area contributed by atoms with Gasteiger partial charge in [-0.2, -0.15) is 20.7 Å². The fourth-order valence-electron chi connectivity index (χ4n) is 5.18. The summed E-state index contributed by atoms with van der Waals surface area (Å²) in [7, 11) is 1.89. The number of fused-ring (bicyclic) bond motifs is 1. The molecule has 0 spiro atoms. The van der Waals surface area contributed by atoms with Crippen molar-refractivity contribution in [1.82, 2.24) is 24.3 Å². The molecule has 0 aliphatic heterocycles. The topological polar surface area (TPSA) is 103 Å². The van der Waals surface area contributed by atoms with Gasteiger partial charge in [0.05, 0.1) is 35.1 Å². The molecule has 3 heterocycles. The Labute approximate surface area is 220 Å². The Hall–Kier alpha value is -4.08. The summed E-state index contributed by atoms with van der Waals surface area (Å²) in [6.45, 7) is 3.71. The summed E-state index contributed by atoms with van der Waals surface area (Å²) < 4.78 is 3.86. The van der Waals surface area contributed by atoms with E-state index in [2.05, 4.69) is 34.9 Å². The van der Waals surface area contributed by atoms with Gasteiger partial charge in [0.2, 0.25) is 5.91 Å². The number of hydrogen-bond donors (Lipinski definition) is 0. The zero-order valence-electron chi connectivity index (χ0n) is 21.0. The van der Waals surface area contributed by atoms with Crippen LogP contribution in [0.25, 0.3) is 16.6 Å². The molecule has 1 amide bonds. The average Bonchev–Trinajstić information content (AvgIpc) is 3.51. The van der Waals surface area contributed by atoms with Crippen molar-refractivity contribution in [2.75, 3.05) is 7.05 Å². The quantitative estimate of drug-likeness (QED) is 0.359. The standard InChI is InChI=1S/C28H27N7OS/c1-18-25(16-32-35(18)24-10-8-23(9-11-24)33(3)19(2)36)21-12-27(28-22(14-30)15-31-34(28)17-21)37-26-7-5-4-6-20(26)13-29/h4-7,12,15-17,23-24H,8-11H2,1-3H3/t23-,24+. The van der Waals surface area contributed by atoms with Crippen molar-refractivity contribution < 1.29 is 4.79 Å². The summed E-state index contributed by atoms with van der Waals surface area (Å²) in [4.78, 5) is 15.3. The number of nitriles is 2. The maximum Gasteiger partial charge on any atom is 0.219 e. The molecule has 0 saturated heterocycles. The molecule has 1 saturated carbocycles. The second-order valence-electron chi connectivity index (χ2n) is 9.45. The molecule has 0 unspecified atom stereocenters. The molecule has 3 aromatic heterocycles. The van der Waals surface area contributed by atoms with Crippen LogP contribution in [0.3, 0.4) is 0 Å². The third-order valence-electron chi connectivity index (χ3n) is 7.34. The van der Waals surface area contributed by atoms with E-state index in [0.29, 0.717) is 17.2 Å². The number of rotatable bonds is 5. The Kier molecular flexibility index (Phi) is 6.73. The van der Waals surface area contributed by atoms with Gasteiger partial charge in [-0.05, 0) is 50.8 Å². The molecular formula is C28H27N7OS. The van der Waals surface area contributed by atoms with E-state index in [1.54, 1.807) is 23.7 Å². The van der Waals surface area contributed by atoms with Crippen molar-refractivity contribution in [3.05, 3.63) is 65.7 Å². The van der Waals surface area contributed by atoms with Crippen molar-refractivity contribution in [2.45, 2.75) is 61.4 Å². The predicted octanol–water partition coefficient (Wildman–Crippen LogP) is 5.36. The van der Waals surface area contributed by atoms with Crippen LogP contribution in [0.2, 0.25) is 0 Å². The third-order valence-corrected chi connectivity index (χ3v) is 8.44. The smallest absolute Gasteiger partial charge is 0.219 e. The summed E-state index contributed by atoms with van der Waals surface area (Å²) in [5.41, 5.74) is 4.83. The van der Waals surface area contributed by atoms with E-state index in [9.17, 15) is 15.3 Å². The SMILES string of the molecule is CC(=O)N(C)[C@H]1CC[C@@H](n2ncc(-c3cc(Sc4ccccc4C#N)c4c(C#N)cnn4c3)c2C)CC1. The van der Waals surface area contributed by atoms with E-state index >= 15 is 0 Å². The third kappa shape index (κ3) is 4.59. The first-order valence-electron chi connectivity index (χ1n) is 12.3. The van der Waals surface area contributed by atoms with Gasteiger partial charge >= 0.3 is 0 Å². The fourth-order valence-corrected chi connectivity index (χ4v) is 6.27. The summed E-state index contributed by atoms with van der Waals surface area (Å²) in [5.74, 6) is 0.112. The van der Waals surface area contributed by atoms with Crippen molar-refractivity contribution >= 4 is 23.2 Å². The number of amides is 1. The molecule has 37 heavy (non-hydrogen) atoms. The highest BCUT2D eigenvalue weighted by Crippen LogP contribution is 2.39. The predicted molar refractivity (Wildman–Crippen MR) is 141 cm³/mol. The van der Waals surface area contributed by atoms with E-state index in [0.717, 1.165) is 57.8 Å².